The first kappa shape index (κ1) is 17.4. The van der Waals surface area contributed by atoms with Crippen molar-refractivity contribution in [3.8, 4) is 0 Å². The van der Waals surface area contributed by atoms with Crippen molar-refractivity contribution in [1.29, 1.82) is 0 Å². The lowest BCUT2D eigenvalue weighted by molar-refractivity contribution is 0.0944. The molecular formula is C17H23N3O2S. The number of nitrogens with one attached hydrogen (secondary N) is 2. The van der Waals surface area contributed by atoms with E-state index >= 15 is 0 Å². The van der Waals surface area contributed by atoms with Gasteiger partial charge < -0.3 is 15.7 Å². The third kappa shape index (κ3) is 4.53. The molecule has 1 aromatic heterocycles. The summed E-state index contributed by atoms with van der Waals surface area (Å²) in [6.07, 6.45) is 0. The van der Waals surface area contributed by atoms with Gasteiger partial charge >= 0.3 is 0 Å². The predicted octanol–water partition coefficient (Wildman–Crippen LogP) is 2.91. The van der Waals surface area contributed by atoms with Crippen LogP contribution in [0.25, 0.3) is 0 Å². The van der Waals surface area contributed by atoms with Crippen molar-refractivity contribution in [3.63, 3.8) is 0 Å². The molecule has 1 amide bonds. The molecule has 0 unspecified atom stereocenters. The summed E-state index contributed by atoms with van der Waals surface area (Å²) in [4.78, 5) is 16.7. The maximum absolute atomic E-state index is 12.1. The molecule has 3 N–H and O–H groups in total. The van der Waals surface area contributed by atoms with Crippen LogP contribution in [0.15, 0.2) is 23.6 Å². The van der Waals surface area contributed by atoms with E-state index < -0.39 is 0 Å². The van der Waals surface area contributed by atoms with Gasteiger partial charge in [0.15, 0.2) is 0 Å². The number of rotatable bonds is 7. The van der Waals surface area contributed by atoms with E-state index in [1.165, 1.54) is 0 Å². The van der Waals surface area contributed by atoms with Gasteiger partial charge in [-0.2, -0.15) is 0 Å². The van der Waals surface area contributed by atoms with Gasteiger partial charge in [-0.05, 0) is 24.6 Å². The first-order valence-corrected chi connectivity index (χ1v) is 8.57. The van der Waals surface area contributed by atoms with E-state index in [-0.39, 0.29) is 19.1 Å². The maximum atomic E-state index is 12.1. The zero-order chi connectivity index (χ0) is 16.8. The van der Waals surface area contributed by atoms with Crippen LogP contribution in [-0.4, -0.2) is 29.1 Å². The average Bonchev–Trinajstić information content (AvgIpc) is 3.01. The van der Waals surface area contributed by atoms with Gasteiger partial charge in [0.1, 0.15) is 0 Å². The number of nitrogens with zero attached hydrogens (tertiary/aromatic N) is 1. The van der Waals surface area contributed by atoms with Gasteiger partial charge in [-0.25, -0.2) is 4.98 Å². The Labute approximate surface area is 140 Å². The average molecular weight is 333 g/mol. The lowest BCUT2D eigenvalue weighted by Gasteiger charge is -2.12. The van der Waals surface area contributed by atoms with Gasteiger partial charge in [0.2, 0.25) is 0 Å². The Morgan fingerprint density at radius 2 is 2.17 bits per heavy atom. The van der Waals surface area contributed by atoms with Crippen LogP contribution in [0.2, 0.25) is 0 Å². The molecule has 0 aliphatic rings. The monoisotopic (exact) mass is 333 g/mol. The number of aromatic nitrogens is 1. The summed E-state index contributed by atoms with van der Waals surface area (Å²) in [6.45, 7) is 7.00. The van der Waals surface area contributed by atoms with Crippen molar-refractivity contribution in [1.82, 2.24) is 10.3 Å². The SMILES string of the molecule is Cc1c(NCc2csc(C(C)C)n2)cccc1C(=O)NCCO. The Morgan fingerprint density at radius 1 is 1.39 bits per heavy atom. The molecule has 0 fully saturated rings. The molecule has 0 saturated heterocycles. The van der Waals surface area contributed by atoms with E-state index in [1.807, 2.05) is 19.1 Å². The second kappa shape index (κ2) is 8.08. The highest BCUT2D eigenvalue weighted by atomic mass is 32.1. The Hall–Kier alpha value is -1.92. The highest BCUT2D eigenvalue weighted by molar-refractivity contribution is 7.09. The molecule has 2 aromatic rings. The van der Waals surface area contributed by atoms with Crippen LogP contribution in [0.3, 0.4) is 0 Å². The summed E-state index contributed by atoms with van der Waals surface area (Å²) >= 11 is 1.68. The highest BCUT2D eigenvalue weighted by Gasteiger charge is 2.11. The van der Waals surface area contributed by atoms with Crippen LogP contribution >= 0.6 is 11.3 Å². The standard InChI is InChI=1S/C17H23N3O2S/c1-11(2)17-20-13(10-23-17)9-19-15-6-4-5-14(12(15)3)16(22)18-7-8-21/h4-6,10-11,19,21H,7-9H2,1-3H3,(H,18,22). The van der Waals surface area contributed by atoms with Crippen molar-refractivity contribution in [2.75, 3.05) is 18.5 Å². The summed E-state index contributed by atoms with van der Waals surface area (Å²) in [5, 5.41) is 18.0. The van der Waals surface area contributed by atoms with Gasteiger partial charge in [0.25, 0.3) is 5.91 Å². The molecule has 0 radical (unpaired) electrons. The number of benzene rings is 1. The van der Waals surface area contributed by atoms with Gasteiger partial charge in [-0.3, -0.25) is 4.79 Å². The van der Waals surface area contributed by atoms with Crippen molar-refractivity contribution in [3.05, 3.63) is 45.4 Å². The van der Waals surface area contributed by atoms with Crippen LogP contribution in [-0.2, 0) is 6.54 Å². The lowest BCUT2D eigenvalue weighted by atomic mass is 10.1. The minimum absolute atomic E-state index is 0.0647. The molecule has 0 atom stereocenters. The molecule has 1 heterocycles. The number of thiazole rings is 1. The normalized spacial score (nSPS) is 10.8. The second-order valence-corrected chi connectivity index (χ2v) is 6.53. The fourth-order valence-electron chi connectivity index (χ4n) is 2.19. The number of hydrogen-bond donors (Lipinski definition) is 3. The quantitative estimate of drug-likeness (QED) is 0.728. The summed E-state index contributed by atoms with van der Waals surface area (Å²) in [5.41, 5.74) is 3.43. The van der Waals surface area contributed by atoms with E-state index in [1.54, 1.807) is 17.4 Å². The minimum atomic E-state index is -0.170. The van der Waals surface area contributed by atoms with Crippen molar-refractivity contribution >= 4 is 22.9 Å². The number of aliphatic hydroxyl groups is 1. The number of amides is 1. The Kier molecular flexibility index (Phi) is 6.12. The van der Waals surface area contributed by atoms with E-state index in [0.29, 0.717) is 18.0 Å². The number of carbonyl (C=O) groups is 1. The first-order chi connectivity index (χ1) is 11.0. The summed E-state index contributed by atoms with van der Waals surface area (Å²) in [6, 6.07) is 5.59. The molecule has 2 rings (SSSR count). The molecule has 124 valence electrons. The fourth-order valence-corrected chi connectivity index (χ4v) is 3.03. The van der Waals surface area contributed by atoms with Crippen molar-refractivity contribution in [2.45, 2.75) is 33.2 Å². The van der Waals surface area contributed by atoms with E-state index in [0.717, 1.165) is 22.0 Å². The lowest BCUT2D eigenvalue weighted by Crippen LogP contribution is -2.27. The number of hydrogen-bond acceptors (Lipinski definition) is 5. The van der Waals surface area contributed by atoms with Crippen LogP contribution in [0, 0.1) is 6.92 Å². The molecule has 6 heteroatoms. The van der Waals surface area contributed by atoms with Crippen LogP contribution in [0.1, 0.15) is 46.4 Å². The molecular weight excluding hydrogens is 310 g/mol. The molecule has 23 heavy (non-hydrogen) atoms. The summed E-state index contributed by atoms with van der Waals surface area (Å²) in [5.74, 6) is 0.269. The highest BCUT2D eigenvalue weighted by Crippen LogP contribution is 2.22. The largest absolute Gasteiger partial charge is 0.395 e. The number of aliphatic hydroxyl groups excluding tert-OH is 1. The third-order valence-electron chi connectivity index (χ3n) is 3.50. The predicted molar refractivity (Wildman–Crippen MR) is 94.1 cm³/mol. The van der Waals surface area contributed by atoms with E-state index in [9.17, 15) is 4.79 Å². The number of carbonyl (C=O) groups excluding carboxylic acids is 1. The minimum Gasteiger partial charge on any atom is -0.395 e. The first-order valence-electron chi connectivity index (χ1n) is 7.69. The Bertz CT molecular complexity index is 668. The molecule has 0 saturated carbocycles. The van der Waals surface area contributed by atoms with E-state index in [2.05, 4.69) is 34.8 Å². The van der Waals surface area contributed by atoms with Crippen LogP contribution in [0.5, 0.6) is 0 Å². The molecule has 0 aliphatic carbocycles. The molecule has 1 aromatic carbocycles. The van der Waals surface area contributed by atoms with Crippen LogP contribution < -0.4 is 10.6 Å². The Morgan fingerprint density at radius 3 is 2.83 bits per heavy atom. The zero-order valence-electron chi connectivity index (χ0n) is 13.7. The third-order valence-corrected chi connectivity index (χ3v) is 4.69. The fraction of sp³-hybridized carbons (Fsp3) is 0.412. The molecule has 0 spiro atoms. The van der Waals surface area contributed by atoms with Gasteiger partial charge in [0.05, 0.1) is 23.9 Å². The zero-order valence-corrected chi connectivity index (χ0v) is 14.5. The van der Waals surface area contributed by atoms with Crippen molar-refractivity contribution < 1.29 is 9.90 Å². The summed E-state index contributed by atoms with van der Waals surface area (Å²) < 4.78 is 0. The van der Waals surface area contributed by atoms with Crippen molar-refractivity contribution in [2.24, 2.45) is 0 Å². The molecule has 0 bridgehead atoms. The van der Waals surface area contributed by atoms with Gasteiger partial charge in [0, 0.05) is 29.1 Å². The topological polar surface area (TPSA) is 74.2 Å². The number of anilines is 1. The van der Waals surface area contributed by atoms with Crippen LogP contribution in [0.4, 0.5) is 5.69 Å². The Balaban J connectivity index is 2.06. The van der Waals surface area contributed by atoms with Gasteiger partial charge in [-0.1, -0.05) is 19.9 Å². The smallest absolute Gasteiger partial charge is 0.251 e. The van der Waals surface area contributed by atoms with E-state index in [4.69, 9.17) is 5.11 Å². The van der Waals surface area contributed by atoms with Gasteiger partial charge in [-0.15, -0.1) is 11.3 Å². The summed E-state index contributed by atoms with van der Waals surface area (Å²) in [7, 11) is 0. The maximum Gasteiger partial charge on any atom is 0.251 e. The molecule has 5 nitrogen and oxygen atoms in total. The second-order valence-electron chi connectivity index (χ2n) is 5.64. The molecule has 0 aliphatic heterocycles.